The van der Waals surface area contributed by atoms with E-state index in [4.69, 9.17) is 10.6 Å². The third-order valence-electron chi connectivity index (χ3n) is 2.55. The monoisotopic (exact) mass is 237 g/mol. The molecule has 3 N–H and O–H groups in total. The zero-order valence-corrected chi connectivity index (χ0v) is 9.43. The number of ether oxygens (including phenoxy) is 1. The highest BCUT2D eigenvalue weighted by molar-refractivity contribution is 5.77. The normalized spacial score (nSPS) is 15.7. The number of nitrogens with two attached hydrogens (primary N) is 1. The third-order valence-corrected chi connectivity index (χ3v) is 2.55. The van der Waals surface area contributed by atoms with Gasteiger partial charge in [-0.15, -0.1) is 0 Å². The number of nitrogens with zero attached hydrogens (tertiary/aromatic N) is 3. The lowest BCUT2D eigenvalue weighted by atomic mass is 10.2. The van der Waals surface area contributed by atoms with E-state index in [9.17, 15) is 4.79 Å². The smallest absolute Gasteiger partial charge is 0.239 e. The summed E-state index contributed by atoms with van der Waals surface area (Å²) in [6, 6.07) is 1.81. The van der Waals surface area contributed by atoms with Gasteiger partial charge in [0.15, 0.2) is 0 Å². The van der Waals surface area contributed by atoms with Gasteiger partial charge in [0.25, 0.3) is 0 Å². The number of carbonyl (C=O) groups is 1. The average molecular weight is 237 g/mol. The Kier molecular flexibility index (Phi) is 3.84. The van der Waals surface area contributed by atoms with Crippen LogP contribution < -0.4 is 16.2 Å². The summed E-state index contributed by atoms with van der Waals surface area (Å²) in [5.74, 6) is 5.59. The zero-order valence-electron chi connectivity index (χ0n) is 9.43. The van der Waals surface area contributed by atoms with Crippen LogP contribution in [-0.4, -0.2) is 42.2 Å². The molecule has 7 nitrogen and oxygen atoms in total. The van der Waals surface area contributed by atoms with E-state index in [0.29, 0.717) is 18.9 Å². The van der Waals surface area contributed by atoms with E-state index >= 15 is 0 Å². The lowest BCUT2D eigenvalue weighted by Gasteiger charge is -2.27. The van der Waals surface area contributed by atoms with Crippen molar-refractivity contribution >= 4 is 11.7 Å². The highest BCUT2D eigenvalue weighted by Crippen LogP contribution is 2.12. The number of carbonyl (C=O) groups excluding carboxylic acids is 1. The maximum Gasteiger partial charge on any atom is 0.239 e. The molecule has 2 heterocycles. The first-order valence-corrected chi connectivity index (χ1v) is 5.42. The maximum atomic E-state index is 11.1. The van der Waals surface area contributed by atoms with Gasteiger partial charge in [0.1, 0.15) is 12.1 Å². The second kappa shape index (κ2) is 5.55. The molecule has 1 saturated heterocycles. The summed E-state index contributed by atoms with van der Waals surface area (Å²) in [4.78, 5) is 21.5. The van der Waals surface area contributed by atoms with Crippen LogP contribution in [0.25, 0.3) is 0 Å². The lowest BCUT2D eigenvalue weighted by molar-refractivity contribution is -0.120. The number of hydrazine groups is 1. The number of morpholine rings is 1. The summed E-state index contributed by atoms with van der Waals surface area (Å²) in [6.07, 6.45) is 1.63. The molecule has 0 unspecified atom stereocenters. The Morgan fingerprint density at radius 2 is 2.24 bits per heavy atom. The van der Waals surface area contributed by atoms with Crippen molar-refractivity contribution in [3.8, 4) is 0 Å². The number of nitrogens with one attached hydrogen (secondary N) is 1. The molecule has 1 fully saturated rings. The van der Waals surface area contributed by atoms with E-state index in [1.165, 1.54) is 6.33 Å². The van der Waals surface area contributed by atoms with Crippen LogP contribution in [0.3, 0.4) is 0 Å². The Morgan fingerprint density at radius 1 is 1.47 bits per heavy atom. The van der Waals surface area contributed by atoms with Crippen molar-refractivity contribution in [1.82, 2.24) is 15.4 Å². The fourth-order valence-electron chi connectivity index (χ4n) is 1.66. The number of hydrogen-bond donors (Lipinski definition) is 2. The van der Waals surface area contributed by atoms with Crippen molar-refractivity contribution in [1.29, 1.82) is 0 Å². The summed E-state index contributed by atoms with van der Waals surface area (Å²) in [6.45, 7) is 3.00. The zero-order chi connectivity index (χ0) is 12.1. The Morgan fingerprint density at radius 3 is 2.94 bits per heavy atom. The van der Waals surface area contributed by atoms with Gasteiger partial charge in [0.05, 0.1) is 25.3 Å². The first-order valence-electron chi connectivity index (χ1n) is 5.42. The molecule has 17 heavy (non-hydrogen) atoms. The first-order chi connectivity index (χ1) is 8.29. The van der Waals surface area contributed by atoms with Crippen LogP contribution in [0.1, 0.15) is 5.69 Å². The molecule has 1 aliphatic rings. The van der Waals surface area contributed by atoms with Crippen LogP contribution in [0.15, 0.2) is 12.4 Å². The molecule has 1 aliphatic heterocycles. The molecule has 0 saturated carbocycles. The van der Waals surface area contributed by atoms with E-state index in [0.717, 1.165) is 18.9 Å². The number of aromatic nitrogens is 2. The van der Waals surface area contributed by atoms with Gasteiger partial charge in [-0.2, -0.15) is 0 Å². The molecule has 2 rings (SSSR count). The number of amides is 1. The minimum Gasteiger partial charge on any atom is -0.378 e. The molecule has 1 amide bonds. The Labute approximate surface area is 98.9 Å². The van der Waals surface area contributed by atoms with Gasteiger partial charge in [-0.3, -0.25) is 10.2 Å². The predicted molar refractivity (Wildman–Crippen MR) is 61.1 cm³/mol. The molecule has 1 aromatic heterocycles. The summed E-state index contributed by atoms with van der Waals surface area (Å²) >= 11 is 0. The summed E-state index contributed by atoms with van der Waals surface area (Å²) in [5.41, 5.74) is 2.74. The van der Waals surface area contributed by atoms with Gasteiger partial charge in [-0.25, -0.2) is 15.8 Å². The maximum absolute atomic E-state index is 11.1. The molecule has 0 spiro atoms. The van der Waals surface area contributed by atoms with Crippen LogP contribution in [0.2, 0.25) is 0 Å². The highest BCUT2D eigenvalue weighted by Gasteiger charge is 2.13. The number of anilines is 1. The molecule has 0 aromatic carbocycles. The molecule has 0 radical (unpaired) electrons. The molecule has 7 heteroatoms. The lowest BCUT2D eigenvalue weighted by Crippen LogP contribution is -2.37. The Hall–Kier alpha value is -1.73. The van der Waals surface area contributed by atoms with E-state index < -0.39 is 0 Å². The molecule has 0 bridgehead atoms. The fourth-order valence-corrected chi connectivity index (χ4v) is 1.66. The van der Waals surface area contributed by atoms with Crippen LogP contribution in [-0.2, 0) is 16.0 Å². The van der Waals surface area contributed by atoms with Crippen LogP contribution in [0, 0.1) is 0 Å². The molecule has 0 atom stereocenters. The third kappa shape index (κ3) is 3.11. The van der Waals surface area contributed by atoms with Gasteiger partial charge in [-0.05, 0) is 0 Å². The van der Waals surface area contributed by atoms with E-state index in [2.05, 4.69) is 20.3 Å². The van der Waals surface area contributed by atoms with Crippen molar-refractivity contribution in [3.63, 3.8) is 0 Å². The molecule has 0 aliphatic carbocycles. The van der Waals surface area contributed by atoms with E-state index in [1.54, 1.807) is 6.07 Å². The average Bonchev–Trinajstić information content (AvgIpc) is 2.40. The SMILES string of the molecule is NNC(=O)Cc1cc(N2CCOCC2)ncn1. The summed E-state index contributed by atoms with van der Waals surface area (Å²) < 4.78 is 5.27. The van der Waals surface area contributed by atoms with E-state index in [1.807, 2.05) is 0 Å². The quantitative estimate of drug-likeness (QED) is 0.391. The molecular weight excluding hydrogens is 222 g/mol. The molecule has 1 aromatic rings. The van der Waals surface area contributed by atoms with Gasteiger partial charge >= 0.3 is 0 Å². The van der Waals surface area contributed by atoms with Crippen LogP contribution >= 0.6 is 0 Å². The first kappa shape index (κ1) is 11.7. The second-order valence-electron chi connectivity index (χ2n) is 3.71. The van der Waals surface area contributed by atoms with Crippen molar-refractivity contribution < 1.29 is 9.53 Å². The second-order valence-corrected chi connectivity index (χ2v) is 3.71. The Balaban J connectivity index is 2.07. The van der Waals surface area contributed by atoms with Gasteiger partial charge in [0.2, 0.25) is 5.91 Å². The van der Waals surface area contributed by atoms with Crippen molar-refractivity contribution in [2.45, 2.75) is 6.42 Å². The fraction of sp³-hybridized carbons (Fsp3) is 0.500. The highest BCUT2D eigenvalue weighted by atomic mass is 16.5. The van der Waals surface area contributed by atoms with Crippen LogP contribution in [0.4, 0.5) is 5.82 Å². The molecule has 92 valence electrons. The molecular formula is C10H15N5O2. The predicted octanol–water partition coefficient (Wildman–Crippen LogP) is -1.15. The van der Waals surface area contributed by atoms with Gasteiger partial charge in [-0.1, -0.05) is 0 Å². The number of rotatable bonds is 3. The summed E-state index contributed by atoms with van der Waals surface area (Å²) in [7, 11) is 0. The van der Waals surface area contributed by atoms with Gasteiger partial charge < -0.3 is 9.64 Å². The minimum atomic E-state index is -0.267. The minimum absolute atomic E-state index is 0.163. The topological polar surface area (TPSA) is 93.4 Å². The largest absolute Gasteiger partial charge is 0.378 e. The van der Waals surface area contributed by atoms with Crippen molar-refractivity contribution in [3.05, 3.63) is 18.1 Å². The Bertz CT molecular complexity index is 392. The standard InChI is InChI=1S/C10H15N5O2/c11-14-10(16)6-8-5-9(13-7-12-8)15-1-3-17-4-2-15/h5,7H,1-4,6,11H2,(H,14,16). The van der Waals surface area contributed by atoms with Crippen molar-refractivity contribution in [2.75, 3.05) is 31.2 Å². The van der Waals surface area contributed by atoms with Crippen LogP contribution in [0.5, 0.6) is 0 Å². The van der Waals surface area contributed by atoms with E-state index in [-0.39, 0.29) is 12.3 Å². The van der Waals surface area contributed by atoms with Gasteiger partial charge in [0, 0.05) is 19.2 Å². The number of hydrogen-bond acceptors (Lipinski definition) is 6. The van der Waals surface area contributed by atoms with Crippen molar-refractivity contribution in [2.24, 2.45) is 5.84 Å². The summed E-state index contributed by atoms with van der Waals surface area (Å²) in [5, 5.41) is 0.